The van der Waals surface area contributed by atoms with Crippen LogP contribution in [-0.4, -0.2) is 28.8 Å². The Morgan fingerprint density at radius 3 is 2.78 bits per heavy atom. The second kappa shape index (κ2) is 6.67. The number of rotatable bonds is 5. The molecule has 0 saturated heterocycles. The van der Waals surface area contributed by atoms with Crippen LogP contribution >= 0.6 is 12.6 Å². The molecule has 0 fully saturated rings. The minimum atomic E-state index is -1.10. The van der Waals surface area contributed by atoms with Crippen molar-refractivity contribution in [3.63, 3.8) is 0 Å². The second-order valence-electron chi connectivity index (χ2n) is 3.57. The summed E-state index contributed by atoms with van der Waals surface area (Å²) in [6.07, 6.45) is 0.238. The summed E-state index contributed by atoms with van der Waals surface area (Å²) in [5, 5.41) is 20.0. The lowest BCUT2D eigenvalue weighted by Crippen LogP contribution is -2.41. The number of aliphatic carboxylic acids is 1. The van der Waals surface area contributed by atoms with E-state index in [0.29, 0.717) is 11.3 Å². The predicted octanol–water partition coefficient (Wildman–Crippen LogP) is 1.06. The van der Waals surface area contributed by atoms with Gasteiger partial charge in [-0.05, 0) is 30.4 Å². The Morgan fingerprint density at radius 2 is 2.22 bits per heavy atom. The number of hydrogen-bond acceptors (Lipinski definition) is 4. The normalized spacial score (nSPS) is 11.3. The number of carboxylic acids is 1. The van der Waals surface area contributed by atoms with Gasteiger partial charge in [-0.15, -0.1) is 0 Å². The van der Waals surface area contributed by atoms with E-state index >= 15 is 0 Å². The van der Waals surface area contributed by atoms with Gasteiger partial charge in [0.25, 0.3) is 5.91 Å². The zero-order chi connectivity index (χ0) is 13.5. The number of amides is 1. The Hall–Kier alpha value is -2.00. The van der Waals surface area contributed by atoms with Gasteiger partial charge in [0.15, 0.2) is 0 Å². The van der Waals surface area contributed by atoms with Gasteiger partial charge >= 0.3 is 5.97 Å². The van der Waals surface area contributed by atoms with Crippen LogP contribution in [0.2, 0.25) is 0 Å². The molecule has 1 unspecified atom stereocenters. The van der Waals surface area contributed by atoms with Crippen LogP contribution in [0.3, 0.4) is 0 Å². The average molecular weight is 264 g/mol. The molecular weight excluding hydrogens is 252 g/mol. The molecule has 0 aliphatic heterocycles. The number of carbonyl (C=O) groups excluding carboxylic acids is 1. The van der Waals surface area contributed by atoms with E-state index in [1.807, 2.05) is 6.07 Å². The topological polar surface area (TPSA) is 90.2 Å². The number of nitrogens with one attached hydrogen (secondary N) is 1. The van der Waals surface area contributed by atoms with E-state index < -0.39 is 17.9 Å². The van der Waals surface area contributed by atoms with E-state index in [0.717, 1.165) is 0 Å². The van der Waals surface area contributed by atoms with Crippen molar-refractivity contribution in [2.24, 2.45) is 0 Å². The average Bonchev–Trinajstić information content (AvgIpc) is 2.38. The Labute approximate surface area is 110 Å². The van der Waals surface area contributed by atoms with Crippen LogP contribution in [-0.2, 0) is 4.79 Å². The van der Waals surface area contributed by atoms with E-state index in [2.05, 4.69) is 17.9 Å². The molecule has 5 nitrogen and oxygen atoms in total. The van der Waals surface area contributed by atoms with Gasteiger partial charge in [-0.1, -0.05) is 6.07 Å². The highest BCUT2D eigenvalue weighted by molar-refractivity contribution is 7.80. The van der Waals surface area contributed by atoms with Crippen LogP contribution in [0.5, 0.6) is 0 Å². The van der Waals surface area contributed by atoms with Crippen molar-refractivity contribution in [3.8, 4) is 6.07 Å². The van der Waals surface area contributed by atoms with Crippen molar-refractivity contribution < 1.29 is 14.7 Å². The van der Waals surface area contributed by atoms with Gasteiger partial charge in [-0.2, -0.15) is 17.9 Å². The van der Waals surface area contributed by atoms with Crippen LogP contribution in [0.25, 0.3) is 0 Å². The Morgan fingerprint density at radius 1 is 1.50 bits per heavy atom. The molecule has 0 aromatic heterocycles. The SMILES string of the molecule is N#Cc1cccc(C(=O)NC(CCS)C(=O)O)c1. The highest BCUT2D eigenvalue weighted by atomic mass is 32.1. The Balaban J connectivity index is 2.80. The van der Waals surface area contributed by atoms with Gasteiger partial charge in [0, 0.05) is 5.56 Å². The number of nitrogens with zero attached hydrogens (tertiary/aromatic N) is 1. The number of carbonyl (C=O) groups is 2. The molecular formula is C12H12N2O3S. The first-order valence-corrected chi connectivity index (χ1v) is 5.86. The standard InChI is InChI=1S/C12H12N2O3S/c13-7-8-2-1-3-9(6-8)11(15)14-10(4-5-18)12(16)17/h1-3,6,10,18H,4-5H2,(H,14,15)(H,16,17). The molecule has 0 heterocycles. The first-order valence-electron chi connectivity index (χ1n) is 5.23. The van der Waals surface area contributed by atoms with Crippen LogP contribution < -0.4 is 5.32 Å². The van der Waals surface area contributed by atoms with Crippen molar-refractivity contribution in [1.82, 2.24) is 5.32 Å². The van der Waals surface area contributed by atoms with Crippen LogP contribution in [0.15, 0.2) is 24.3 Å². The lowest BCUT2D eigenvalue weighted by Gasteiger charge is -2.13. The fourth-order valence-corrected chi connectivity index (χ4v) is 1.62. The van der Waals surface area contributed by atoms with Crippen molar-refractivity contribution in [3.05, 3.63) is 35.4 Å². The number of carboxylic acid groups (broad SMARTS) is 1. The lowest BCUT2D eigenvalue weighted by molar-refractivity contribution is -0.139. The van der Waals surface area contributed by atoms with Gasteiger partial charge in [-0.25, -0.2) is 4.79 Å². The molecule has 0 bridgehead atoms. The number of benzene rings is 1. The molecule has 1 rings (SSSR count). The summed E-state index contributed by atoms with van der Waals surface area (Å²) in [6.45, 7) is 0. The molecule has 0 radical (unpaired) electrons. The maximum Gasteiger partial charge on any atom is 0.326 e. The summed E-state index contributed by atoms with van der Waals surface area (Å²) in [6, 6.07) is 7.02. The lowest BCUT2D eigenvalue weighted by atomic mass is 10.1. The maximum absolute atomic E-state index is 11.8. The Bertz CT molecular complexity index is 496. The van der Waals surface area contributed by atoms with Gasteiger partial charge in [-0.3, -0.25) is 4.79 Å². The number of nitriles is 1. The van der Waals surface area contributed by atoms with Crippen molar-refractivity contribution in [2.45, 2.75) is 12.5 Å². The molecule has 0 saturated carbocycles. The van der Waals surface area contributed by atoms with E-state index in [4.69, 9.17) is 10.4 Å². The van der Waals surface area contributed by atoms with Crippen molar-refractivity contribution >= 4 is 24.5 Å². The third kappa shape index (κ3) is 3.79. The van der Waals surface area contributed by atoms with E-state index in [-0.39, 0.29) is 12.0 Å². The van der Waals surface area contributed by atoms with Crippen molar-refractivity contribution in [2.75, 3.05) is 5.75 Å². The summed E-state index contributed by atoms with van der Waals surface area (Å²) < 4.78 is 0. The number of thiol groups is 1. The molecule has 6 heteroatoms. The minimum Gasteiger partial charge on any atom is -0.480 e. The van der Waals surface area contributed by atoms with Crippen LogP contribution in [0, 0.1) is 11.3 Å². The van der Waals surface area contributed by atoms with E-state index in [1.54, 1.807) is 12.1 Å². The fraction of sp³-hybridized carbons (Fsp3) is 0.250. The van der Waals surface area contributed by atoms with E-state index in [9.17, 15) is 9.59 Å². The molecule has 1 atom stereocenters. The minimum absolute atomic E-state index is 0.238. The molecule has 0 aliphatic carbocycles. The van der Waals surface area contributed by atoms with Gasteiger partial charge in [0.2, 0.25) is 0 Å². The molecule has 1 aromatic carbocycles. The predicted molar refractivity (Wildman–Crippen MR) is 68.5 cm³/mol. The third-order valence-corrected chi connectivity index (χ3v) is 2.53. The highest BCUT2D eigenvalue weighted by Gasteiger charge is 2.19. The van der Waals surface area contributed by atoms with Gasteiger partial charge < -0.3 is 10.4 Å². The van der Waals surface area contributed by atoms with Gasteiger partial charge in [0.05, 0.1) is 11.6 Å². The summed E-state index contributed by atoms with van der Waals surface area (Å²) in [4.78, 5) is 22.7. The first-order chi connectivity index (χ1) is 8.58. The molecule has 18 heavy (non-hydrogen) atoms. The number of hydrogen-bond donors (Lipinski definition) is 3. The third-order valence-electron chi connectivity index (χ3n) is 2.28. The largest absolute Gasteiger partial charge is 0.480 e. The molecule has 1 aromatic rings. The summed E-state index contributed by atoms with van der Waals surface area (Å²) in [5.74, 6) is -1.26. The summed E-state index contributed by atoms with van der Waals surface area (Å²) >= 11 is 3.94. The first kappa shape index (κ1) is 14.1. The molecule has 0 spiro atoms. The summed E-state index contributed by atoms with van der Waals surface area (Å²) in [7, 11) is 0. The molecule has 94 valence electrons. The maximum atomic E-state index is 11.8. The molecule has 0 aliphatic rings. The second-order valence-corrected chi connectivity index (χ2v) is 4.02. The van der Waals surface area contributed by atoms with E-state index in [1.165, 1.54) is 12.1 Å². The van der Waals surface area contributed by atoms with Crippen LogP contribution in [0.1, 0.15) is 22.3 Å². The zero-order valence-electron chi connectivity index (χ0n) is 9.46. The fourth-order valence-electron chi connectivity index (χ4n) is 1.36. The smallest absolute Gasteiger partial charge is 0.326 e. The Kier molecular flexibility index (Phi) is 5.21. The molecule has 2 N–H and O–H groups in total. The highest BCUT2D eigenvalue weighted by Crippen LogP contribution is 2.05. The molecule has 1 amide bonds. The quantitative estimate of drug-likeness (QED) is 0.694. The monoisotopic (exact) mass is 264 g/mol. The van der Waals surface area contributed by atoms with Gasteiger partial charge in [0.1, 0.15) is 6.04 Å². The van der Waals surface area contributed by atoms with Crippen LogP contribution in [0.4, 0.5) is 0 Å². The van der Waals surface area contributed by atoms with Crippen molar-refractivity contribution in [1.29, 1.82) is 5.26 Å². The zero-order valence-corrected chi connectivity index (χ0v) is 10.4. The summed E-state index contributed by atoms with van der Waals surface area (Å²) in [5.41, 5.74) is 0.614.